The van der Waals surface area contributed by atoms with Gasteiger partial charge in [0, 0.05) is 11.3 Å². The number of hydrazone groups is 1. The monoisotopic (exact) mass is 337 g/mol. The van der Waals surface area contributed by atoms with Crippen molar-refractivity contribution >= 4 is 17.8 Å². The van der Waals surface area contributed by atoms with E-state index in [2.05, 4.69) is 16.4 Å². The third-order valence-corrected chi connectivity index (χ3v) is 3.13. The number of rotatable bonds is 7. The molecule has 6 nitrogen and oxygen atoms in total. The molecule has 3 N–H and O–H groups in total. The number of terminal acetylenes is 1. The van der Waals surface area contributed by atoms with E-state index >= 15 is 0 Å². The van der Waals surface area contributed by atoms with E-state index in [9.17, 15) is 4.79 Å². The van der Waals surface area contributed by atoms with Crippen LogP contribution in [-0.4, -0.2) is 25.3 Å². The number of nitrogen functional groups attached to an aromatic ring is 1. The number of nitrogens with two attached hydrogens (primary N) is 1. The van der Waals surface area contributed by atoms with Gasteiger partial charge < -0.3 is 15.2 Å². The average molecular weight is 337 g/mol. The zero-order chi connectivity index (χ0) is 18.1. The minimum absolute atomic E-state index is 0.158. The first-order valence-corrected chi connectivity index (χ1v) is 7.66. The second-order valence-electron chi connectivity index (χ2n) is 4.95. The van der Waals surface area contributed by atoms with Crippen LogP contribution >= 0.6 is 0 Å². The van der Waals surface area contributed by atoms with Crippen molar-refractivity contribution in [3.8, 4) is 23.8 Å². The standard InChI is InChI=1S/C19H19N3O3/c1-3-11-25-17-10-5-14(12-18(17)24-4-2)13-21-22-19(23)15-6-8-16(20)9-7-15/h1,5-10,12-13H,4,11,20H2,2H3,(H,22,23)/b21-13-. The predicted octanol–water partition coefficient (Wildman–Crippen LogP) is 2.44. The number of carbonyl (C=O) groups is 1. The van der Waals surface area contributed by atoms with Crippen LogP contribution < -0.4 is 20.6 Å². The molecular formula is C19H19N3O3. The van der Waals surface area contributed by atoms with E-state index in [4.69, 9.17) is 21.6 Å². The van der Waals surface area contributed by atoms with Gasteiger partial charge in [0.1, 0.15) is 6.61 Å². The van der Waals surface area contributed by atoms with Gasteiger partial charge >= 0.3 is 0 Å². The highest BCUT2D eigenvalue weighted by Crippen LogP contribution is 2.27. The molecule has 0 radical (unpaired) electrons. The van der Waals surface area contributed by atoms with E-state index in [1.807, 2.05) is 6.92 Å². The largest absolute Gasteiger partial charge is 0.490 e. The fourth-order valence-corrected chi connectivity index (χ4v) is 1.98. The number of hydrogen-bond acceptors (Lipinski definition) is 5. The zero-order valence-electron chi connectivity index (χ0n) is 13.9. The highest BCUT2D eigenvalue weighted by Gasteiger charge is 2.06. The molecule has 0 aliphatic rings. The van der Waals surface area contributed by atoms with Crippen molar-refractivity contribution in [1.29, 1.82) is 0 Å². The zero-order valence-corrected chi connectivity index (χ0v) is 13.9. The Morgan fingerprint density at radius 2 is 2.00 bits per heavy atom. The van der Waals surface area contributed by atoms with Gasteiger partial charge in [0.2, 0.25) is 0 Å². The number of anilines is 1. The van der Waals surface area contributed by atoms with E-state index in [-0.39, 0.29) is 12.5 Å². The molecule has 0 spiro atoms. The van der Waals surface area contributed by atoms with Crippen LogP contribution in [0.3, 0.4) is 0 Å². The number of ether oxygens (including phenoxy) is 2. The SMILES string of the molecule is C#CCOc1ccc(/C=N\NC(=O)c2ccc(N)cc2)cc1OCC. The van der Waals surface area contributed by atoms with Gasteiger partial charge in [-0.15, -0.1) is 6.42 Å². The van der Waals surface area contributed by atoms with Crippen molar-refractivity contribution in [1.82, 2.24) is 5.43 Å². The Kier molecular flexibility index (Phi) is 6.43. The first-order chi connectivity index (χ1) is 12.1. The van der Waals surface area contributed by atoms with Crippen molar-refractivity contribution in [3.05, 3.63) is 53.6 Å². The molecule has 128 valence electrons. The van der Waals surface area contributed by atoms with E-state index in [0.29, 0.717) is 29.4 Å². The molecule has 0 heterocycles. The third-order valence-electron chi connectivity index (χ3n) is 3.13. The summed E-state index contributed by atoms with van der Waals surface area (Å²) in [6.45, 7) is 2.52. The summed E-state index contributed by atoms with van der Waals surface area (Å²) >= 11 is 0. The maximum atomic E-state index is 12.0. The Labute approximate surface area is 146 Å². The van der Waals surface area contributed by atoms with Gasteiger partial charge in [-0.05, 0) is 55.0 Å². The van der Waals surface area contributed by atoms with Crippen molar-refractivity contribution in [3.63, 3.8) is 0 Å². The fourth-order valence-electron chi connectivity index (χ4n) is 1.98. The van der Waals surface area contributed by atoms with Crippen LogP contribution in [0, 0.1) is 12.3 Å². The molecule has 0 aliphatic carbocycles. The lowest BCUT2D eigenvalue weighted by Gasteiger charge is -2.10. The summed E-state index contributed by atoms with van der Waals surface area (Å²) in [5.74, 6) is 3.20. The summed E-state index contributed by atoms with van der Waals surface area (Å²) < 4.78 is 10.9. The first kappa shape index (κ1) is 17.9. The highest BCUT2D eigenvalue weighted by molar-refractivity contribution is 5.95. The van der Waals surface area contributed by atoms with E-state index in [0.717, 1.165) is 5.56 Å². The molecule has 25 heavy (non-hydrogen) atoms. The smallest absolute Gasteiger partial charge is 0.271 e. The number of amides is 1. The van der Waals surface area contributed by atoms with Crippen LogP contribution in [0.5, 0.6) is 11.5 Å². The molecule has 0 fully saturated rings. The second-order valence-corrected chi connectivity index (χ2v) is 4.95. The predicted molar refractivity (Wildman–Crippen MR) is 97.9 cm³/mol. The molecule has 0 atom stereocenters. The van der Waals surface area contributed by atoms with Crippen molar-refractivity contribution in [2.24, 2.45) is 5.10 Å². The van der Waals surface area contributed by atoms with Crippen molar-refractivity contribution in [2.75, 3.05) is 18.9 Å². The Morgan fingerprint density at radius 3 is 2.68 bits per heavy atom. The van der Waals surface area contributed by atoms with Crippen molar-refractivity contribution in [2.45, 2.75) is 6.92 Å². The van der Waals surface area contributed by atoms with Crippen molar-refractivity contribution < 1.29 is 14.3 Å². The summed E-state index contributed by atoms with van der Waals surface area (Å²) in [4.78, 5) is 12.0. The lowest BCUT2D eigenvalue weighted by molar-refractivity contribution is 0.0955. The molecule has 0 saturated carbocycles. The quantitative estimate of drug-likeness (QED) is 0.352. The normalized spacial score (nSPS) is 10.2. The van der Waals surface area contributed by atoms with Gasteiger partial charge in [-0.25, -0.2) is 5.43 Å². The average Bonchev–Trinajstić information content (AvgIpc) is 2.62. The van der Waals surface area contributed by atoms with Crippen LogP contribution in [0.2, 0.25) is 0 Å². The highest BCUT2D eigenvalue weighted by atomic mass is 16.5. The molecule has 0 unspecified atom stereocenters. The van der Waals surface area contributed by atoms with E-state index in [1.165, 1.54) is 6.21 Å². The van der Waals surface area contributed by atoms with E-state index in [1.54, 1.807) is 42.5 Å². The molecule has 0 saturated heterocycles. The third kappa shape index (κ3) is 5.29. The topological polar surface area (TPSA) is 85.9 Å². The van der Waals surface area contributed by atoms with Gasteiger partial charge in [-0.2, -0.15) is 5.10 Å². The number of benzene rings is 2. The Morgan fingerprint density at radius 1 is 1.24 bits per heavy atom. The number of nitrogens with one attached hydrogen (secondary N) is 1. The van der Waals surface area contributed by atoms with Gasteiger partial charge in [-0.1, -0.05) is 5.92 Å². The molecular weight excluding hydrogens is 318 g/mol. The molecule has 2 rings (SSSR count). The molecule has 6 heteroatoms. The Hall–Kier alpha value is -3.46. The lowest BCUT2D eigenvalue weighted by Crippen LogP contribution is -2.17. The van der Waals surface area contributed by atoms with Crippen LogP contribution in [-0.2, 0) is 0 Å². The molecule has 0 aromatic heterocycles. The lowest BCUT2D eigenvalue weighted by atomic mass is 10.2. The summed E-state index contributed by atoms with van der Waals surface area (Å²) in [5, 5.41) is 3.95. The summed E-state index contributed by atoms with van der Waals surface area (Å²) in [6.07, 6.45) is 6.71. The summed E-state index contributed by atoms with van der Waals surface area (Å²) in [7, 11) is 0. The first-order valence-electron chi connectivity index (χ1n) is 7.66. The number of nitrogens with zero attached hydrogens (tertiary/aromatic N) is 1. The molecule has 2 aromatic carbocycles. The van der Waals surface area contributed by atoms with Gasteiger partial charge in [0.15, 0.2) is 11.5 Å². The summed E-state index contributed by atoms with van der Waals surface area (Å²) in [6, 6.07) is 11.9. The number of hydrogen-bond donors (Lipinski definition) is 2. The van der Waals surface area contributed by atoms with Crippen LogP contribution in [0.1, 0.15) is 22.8 Å². The molecule has 1 amide bonds. The number of carbonyl (C=O) groups excluding carboxylic acids is 1. The maximum Gasteiger partial charge on any atom is 0.271 e. The minimum Gasteiger partial charge on any atom is -0.490 e. The second kappa shape index (κ2) is 8.99. The molecule has 0 bridgehead atoms. The van der Waals surface area contributed by atoms with Gasteiger partial charge in [-0.3, -0.25) is 4.79 Å². The molecule has 2 aromatic rings. The fraction of sp³-hybridized carbons (Fsp3) is 0.158. The van der Waals surface area contributed by atoms with Gasteiger partial charge in [0.05, 0.1) is 12.8 Å². The minimum atomic E-state index is -0.324. The molecule has 0 aliphatic heterocycles. The Balaban J connectivity index is 2.04. The maximum absolute atomic E-state index is 12.0. The Bertz CT molecular complexity index is 793. The summed E-state index contributed by atoms with van der Waals surface area (Å²) in [5.41, 5.74) is 9.86. The van der Waals surface area contributed by atoms with Crippen LogP contribution in [0.15, 0.2) is 47.6 Å². The van der Waals surface area contributed by atoms with Gasteiger partial charge in [0.25, 0.3) is 5.91 Å². The van der Waals surface area contributed by atoms with Crippen LogP contribution in [0.25, 0.3) is 0 Å². The van der Waals surface area contributed by atoms with Crippen LogP contribution in [0.4, 0.5) is 5.69 Å². The van der Waals surface area contributed by atoms with E-state index < -0.39 is 0 Å².